The van der Waals surface area contributed by atoms with Gasteiger partial charge in [-0.25, -0.2) is 0 Å². The lowest BCUT2D eigenvalue weighted by molar-refractivity contribution is 0.219. The second-order valence-electron chi connectivity index (χ2n) is 3.79. The molecule has 0 saturated heterocycles. The van der Waals surface area contributed by atoms with Crippen molar-refractivity contribution in [3.8, 4) is 0 Å². The Bertz CT molecular complexity index is 375. The van der Waals surface area contributed by atoms with Gasteiger partial charge in [0, 0.05) is 6.20 Å². The van der Waals surface area contributed by atoms with Crippen molar-refractivity contribution in [2.75, 3.05) is 13.7 Å². The highest BCUT2D eigenvalue weighted by Gasteiger charge is 2.18. The zero-order valence-electron chi connectivity index (χ0n) is 9.24. The van der Waals surface area contributed by atoms with Gasteiger partial charge in [0.25, 0.3) is 0 Å². The fourth-order valence-corrected chi connectivity index (χ4v) is 1.99. The summed E-state index contributed by atoms with van der Waals surface area (Å²) in [6.07, 6.45) is 5.64. The Morgan fingerprint density at radius 3 is 2.94 bits per heavy atom. The molecule has 0 aromatic carbocycles. The van der Waals surface area contributed by atoms with Crippen molar-refractivity contribution in [3.63, 3.8) is 0 Å². The molecule has 0 aliphatic carbocycles. The van der Waals surface area contributed by atoms with E-state index in [2.05, 4.69) is 10.3 Å². The molecule has 1 N–H and O–H groups in total. The number of pyridine rings is 1. The number of nitrogens with zero attached hydrogens (tertiary/aromatic N) is 1. The molecule has 1 aromatic rings. The Balaban J connectivity index is 2.21. The Hall–Kier alpha value is -1.06. The van der Waals surface area contributed by atoms with E-state index in [0.717, 1.165) is 25.1 Å². The highest BCUT2D eigenvalue weighted by Crippen LogP contribution is 2.26. The predicted molar refractivity (Wildman–Crippen MR) is 64.3 cm³/mol. The molecule has 0 spiro atoms. The third-order valence-electron chi connectivity index (χ3n) is 2.67. The number of hydrogen-bond acceptors (Lipinski definition) is 3. The highest BCUT2D eigenvalue weighted by molar-refractivity contribution is 6.30. The third-order valence-corrected chi connectivity index (χ3v) is 2.89. The summed E-state index contributed by atoms with van der Waals surface area (Å²) in [7, 11) is 1.93. The Morgan fingerprint density at radius 1 is 1.50 bits per heavy atom. The minimum Gasteiger partial charge on any atom is -0.501 e. The van der Waals surface area contributed by atoms with Crippen LogP contribution in [0.3, 0.4) is 0 Å². The molecule has 0 fully saturated rings. The van der Waals surface area contributed by atoms with Gasteiger partial charge in [-0.15, -0.1) is 0 Å². The summed E-state index contributed by atoms with van der Waals surface area (Å²) in [4.78, 5) is 4.33. The topological polar surface area (TPSA) is 34.1 Å². The van der Waals surface area contributed by atoms with Crippen molar-refractivity contribution in [2.24, 2.45) is 0 Å². The van der Waals surface area contributed by atoms with E-state index >= 15 is 0 Å². The molecule has 0 bridgehead atoms. The van der Waals surface area contributed by atoms with Crippen molar-refractivity contribution in [3.05, 3.63) is 40.9 Å². The van der Waals surface area contributed by atoms with Crippen molar-refractivity contribution in [2.45, 2.75) is 18.9 Å². The van der Waals surface area contributed by atoms with Crippen LogP contribution in [0.4, 0.5) is 0 Å². The van der Waals surface area contributed by atoms with E-state index in [1.165, 1.54) is 5.57 Å². The maximum atomic E-state index is 5.82. The van der Waals surface area contributed by atoms with Gasteiger partial charge in [-0.1, -0.05) is 11.6 Å². The maximum Gasteiger partial charge on any atom is 0.0876 e. The predicted octanol–water partition coefficient (Wildman–Crippen LogP) is 2.69. The fourth-order valence-electron chi connectivity index (χ4n) is 1.88. The summed E-state index contributed by atoms with van der Waals surface area (Å²) in [5.74, 6) is 0. The molecule has 1 aliphatic rings. The largest absolute Gasteiger partial charge is 0.501 e. The lowest BCUT2D eigenvalue weighted by Crippen LogP contribution is -2.21. The highest BCUT2D eigenvalue weighted by atomic mass is 35.5. The summed E-state index contributed by atoms with van der Waals surface area (Å²) >= 11 is 5.82. The lowest BCUT2D eigenvalue weighted by Gasteiger charge is -2.22. The average Bonchev–Trinajstić information content (AvgIpc) is 2.34. The van der Waals surface area contributed by atoms with Crippen LogP contribution in [0.25, 0.3) is 0 Å². The van der Waals surface area contributed by atoms with Crippen LogP contribution in [0.2, 0.25) is 5.02 Å². The van der Waals surface area contributed by atoms with Crippen molar-refractivity contribution in [1.29, 1.82) is 0 Å². The van der Waals surface area contributed by atoms with Gasteiger partial charge in [0.2, 0.25) is 0 Å². The van der Waals surface area contributed by atoms with Gasteiger partial charge in [-0.2, -0.15) is 0 Å². The molecule has 4 heteroatoms. The number of nitrogens with one attached hydrogen (secondary N) is 1. The third kappa shape index (κ3) is 2.54. The Kier molecular flexibility index (Phi) is 3.80. The first-order valence-electron chi connectivity index (χ1n) is 5.40. The lowest BCUT2D eigenvalue weighted by atomic mass is 9.99. The fraction of sp³-hybridized carbons (Fsp3) is 0.417. The molecule has 16 heavy (non-hydrogen) atoms. The van der Waals surface area contributed by atoms with Gasteiger partial charge in [0.05, 0.1) is 29.6 Å². The van der Waals surface area contributed by atoms with Gasteiger partial charge < -0.3 is 10.1 Å². The van der Waals surface area contributed by atoms with Gasteiger partial charge in [0.15, 0.2) is 0 Å². The number of halogens is 1. The standard InChI is InChI=1S/C12H15ClN2O/c1-14-12(9-3-2-6-16-8-9)11-5-4-10(13)7-15-11/h4-5,7-8,12,14H,2-3,6H2,1H3. The van der Waals surface area contributed by atoms with Crippen LogP contribution in [-0.2, 0) is 4.74 Å². The minimum absolute atomic E-state index is 0.123. The molecular formula is C12H15ClN2O. The van der Waals surface area contributed by atoms with E-state index in [-0.39, 0.29) is 6.04 Å². The van der Waals surface area contributed by atoms with Crippen LogP contribution in [0.5, 0.6) is 0 Å². The summed E-state index contributed by atoms with van der Waals surface area (Å²) in [6.45, 7) is 0.813. The zero-order valence-corrected chi connectivity index (χ0v) is 10.00. The SMILES string of the molecule is CNC(C1=COCCC1)c1ccc(Cl)cn1. The molecule has 1 unspecified atom stereocenters. The first-order chi connectivity index (χ1) is 7.81. The average molecular weight is 239 g/mol. The molecule has 3 nitrogen and oxygen atoms in total. The summed E-state index contributed by atoms with van der Waals surface area (Å²) in [5, 5.41) is 3.91. The summed E-state index contributed by atoms with van der Waals surface area (Å²) in [5.41, 5.74) is 2.22. The minimum atomic E-state index is 0.123. The number of aromatic nitrogens is 1. The van der Waals surface area contributed by atoms with E-state index < -0.39 is 0 Å². The zero-order chi connectivity index (χ0) is 11.4. The van der Waals surface area contributed by atoms with Gasteiger partial charge in [-0.3, -0.25) is 4.98 Å². The van der Waals surface area contributed by atoms with Crippen LogP contribution in [-0.4, -0.2) is 18.6 Å². The second-order valence-corrected chi connectivity index (χ2v) is 4.23. The molecule has 0 saturated carbocycles. The van der Waals surface area contributed by atoms with E-state index in [9.17, 15) is 0 Å². The molecule has 1 aliphatic heterocycles. The molecule has 0 radical (unpaired) electrons. The summed E-state index contributed by atoms with van der Waals surface area (Å²) < 4.78 is 5.35. The van der Waals surface area contributed by atoms with Gasteiger partial charge in [0.1, 0.15) is 0 Å². The Labute approximate surface area is 100 Å². The monoisotopic (exact) mass is 238 g/mol. The molecule has 2 heterocycles. The van der Waals surface area contributed by atoms with Crippen LogP contribution < -0.4 is 5.32 Å². The number of likely N-dealkylation sites (N-methyl/N-ethyl adjacent to an activating group) is 1. The molecule has 1 atom stereocenters. The molecular weight excluding hydrogens is 224 g/mol. The van der Waals surface area contributed by atoms with Gasteiger partial charge >= 0.3 is 0 Å². The van der Waals surface area contributed by atoms with E-state index in [0.29, 0.717) is 5.02 Å². The first kappa shape index (κ1) is 11.4. The van der Waals surface area contributed by atoms with Gasteiger partial charge in [-0.05, 0) is 37.6 Å². The second kappa shape index (κ2) is 5.32. The van der Waals surface area contributed by atoms with E-state index in [4.69, 9.17) is 16.3 Å². The van der Waals surface area contributed by atoms with Crippen molar-refractivity contribution in [1.82, 2.24) is 10.3 Å². The van der Waals surface area contributed by atoms with Crippen molar-refractivity contribution >= 4 is 11.6 Å². The van der Waals surface area contributed by atoms with E-state index in [1.54, 1.807) is 6.20 Å². The van der Waals surface area contributed by atoms with Crippen molar-refractivity contribution < 1.29 is 4.74 Å². The maximum absolute atomic E-state index is 5.82. The van der Waals surface area contributed by atoms with Crippen LogP contribution in [0.1, 0.15) is 24.6 Å². The Morgan fingerprint density at radius 2 is 2.38 bits per heavy atom. The van der Waals surface area contributed by atoms with Crippen LogP contribution in [0.15, 0.2) is 30.2 Å². The molecule has 2 rings (SSSR count). The first-order valence-corrected chi connectivity index (χ1v) is 5.78. The molecule has 86 valence electrons. The molecule has 1 aromatic heterocycles. The number of hydrogen-bond donors (Lipinski definition) is 1. The van der Waals surface area contributed by atoms with Crippen LogP contribution in [0, 0.1) is 0 Å². The molecule has 0 amide bonds. The summed E-state index contributed by atoms with van der Waals surface area (Å²) in [6, 6.07) is 3.93. The normalized spacial score (nSPS) is 17.5. The smallest absolute Gasteiger partial charge is 0.0876 e. The van der Waals surface area contributed by atoms with Crippen LogP contribution >= 0.6 is 11.6 Å². The van der Waals surface area contributed by atoms with E-state index in [1.807, 2.05) is 25.4 Å². The number of rotatable bonds is 3. The quantitative estimate of drug-likeness (QED) is 0.879. The number of ether oxygens (including phenoxy) is 1.